The molecule has 0 aliphatic rings. The summed E-state index contributed by atoms with van der Waals surface area (Å²) < 4.78 is 0. The number of rotatable bonds is 5. The fraction of sp³-hybridized carbons (Fsp3) is 0.222. The third kappa shape index (κ3) is 4.10. The van der Waals surface area contributed by atoms with Gasteiger partial charge in [0.05, 0.1) is 17.8 Å². The average Bonchev–Trinajstić information content (AvgIpc) is 2.53. The third-order valence-corrected chi connectivity index (χ3v) is 3.35. The maximum absolute atomic E-state index is 11.9. The van der Waals surface area contributed by atoms with E-state index in [4.69, 9.17) is 5.26 Å². The van der Waals surface area contributed by atoms with E-state index in [1.165, 1.54) is 5.56 Å². The highest BCUT2D eigenvalue weighted by Crippen LogP contribution is 2.17. The highest BCUT2D eigenvalue weighted by Gasteiger charge is 2.05. The lowest BCUT2D eigenvalue weighted by Gasteiger charge is -2.10. The van der Waals surface area contributed by atoms with Crippen molar-refractivity contribution in [3.05, 3.63) is 59.7 Å². The summed E-state index contributed by atoms with van der Waals surface area (Å²) in [6.07, 6.45) is 0. The highest BCUT2D eigenvalue weighted by molar-refractivity contribution is 5.93. The first-order valence-electron chi connectivity index (χ1n) is 7.23. The van der Waals surface area contributed by atoms with Crippen molar-refractivity contribution in [3.63, 3.8) is 0 Å². The summed E-state index contributed by atoms with van der Waals surface area (Å²) >= 11 is 0. The fourth-order valence-electron chi connectivity index (χ4n) is 2.07. The van der Waals surface area contributed by atoms with Crippen molar-refractivity contribution < 1.29 is 4.79 Å². The maximum Gasteiger partial charge on any atom is 0.243 e. The lowest BCUT2D eigenvalue weighted by molar-refractivity contribution is -0.114. The number of hydrogen-bond donors (Lipinski definition) is 2. The molecule has 2 rings (SSSR count). The minimum Gasteiger partial charge on any atom is -0.375 e. The number of nitriles is 1. The van der Waals surface area contributed by atoms with Gasteiger partial charge in [0.15, 0.2) is 0 Å². The molecule has 112 valence electrons. The minimum atomic E-state index is -0.148. The van der Waals surface area contributed by atoms with Crippen LogP contribution in [-0.4, -0.2) is 12.5 Å². The van der Waals surface area contributed by atoms with Crippen LogP contribution < -0.4 is 10.6 Å². The molecule has 2 N–H and O–H groups in total. The van der Waals surface area contributed by atoms with Crippen LogP contribution in [-0.2, 0) is 4.79 Å². The normalized spacial score (nSPS) is 10.1. The Bertz CT molecular complexity index is 684. The molecule has 0 spiro atoms. The summed E-state index contributed by atoms with van der Waals surface area (Å²) in [6, 6.07) is 17.0. The van der Waals surface area contributed by atoms with Gasteiger partial charge < -0.3 is 10.6 Å². The number of para-hydroxylation sites is 1. The molecule has 0 bridgehead atoms. The van der Waals surface area contributed by atoms with E-state index < -0.39 is 0 Å². The second-order valence-electron chi connectivity index (χ2n) is 5.34. The van der Waals surface area contributed by atoms with Gasteiger partial charge in [-0.1, -0.05) is 38.1 Å². The SMILES string of the molecule is CC(C)c1ccc(NC(=O)CNc2ccccc2C#N)cc1. The fourth-order valence-corrected chi connectivity index (χ4v) is 2.07. The molecule has 0 aliphatic heterocycles. The first kappa shape index (κ1) is 15.6. The van der Waals surface area contributed by atoms with Crippen LogP contribution in [0.4, 0.5) is 11.4 Å². The minimum absolute atomic E-state index is 0.116. The van der Waals surface area contributed by atoms with Crippen molar-refractivity contribution in [1.82, 2.24) is 0 Å². The number of anilines is 2. The molecule has 0 heterocycles. The van der Waals surface area contributed by atoms with Crippen molar-refractivity contribution in [2.24, 2.45) is 0 Å². The maximum atomic E-state index is 11.9. The van der Waals surface area contributed by atoms with Gasteiger partial charge in [-0.25, -0.2) is 0 Å². The van der Waals surface area contributed by atoms with E-state index in [-0.39, 0.29) is 12.5 Å². The summed E-state index contributed by atoms with van der Waals surface area (Å²) in [4.78, 5) is 11.9. The molecular weight excluding hydrogens is 274 g/mol. The van der Waals surface area contributed by atoms with Crippen LogP contribution >= 0.6 is 0 Å². The molecule has 0 aliphatic carbocycles. The monoisotopic (exact) mass is 293 g/mol. The zero-order valence-electron chi connectivity index (χ0n) is 12.8. The lowest BCUT2D eigenvalue weighted by Crippen LogP contribution is -2.22. The summed E-state index contributed by atoms with van der Waals surface area (Å²) in [5.41, 5.74) is 3.19. The first-order chi connectivity index (χ1) is 10.6. The van der Waals surface area contributed by atoms with Crippen molar-refractivity contribution in [2.75, 3.05) is 17.2 Å². The van der Waals surface area contributed by atoms with Crippen molar-refractivity contribution >= 4 is 17.3 Å². The second-order valence-corrected chi connectivity index (χ2v) is 5.34. The Hall–Kier alpha value is -2.80. The van der Waals surface area contributed by atoms with Gasteiger partial charge in [-0.05, 0) is 35.7 Å². The largest absolute Gasteiger partial charge is 0.375 e. The van der Waals surface area contributed by atoms with E-state index in [0.29, 0.717) is 17.2 Å². The highest BCUT2D eigenvalue weighted by atomic mass is 16.1. The van der Waals surface area contributed by atoms with Crippen LogP contribution in [0.25, 0.3) is 0 Å². The number of carbonyl (C=O) groups is 1. The predicted molar refractivity (Wildman–Crippen MR) is 88.8 cm³/mol. The average molecular weight is 293 g/mol. The number of amides is 1. The molecule has 4 nitrogen and oxygen atoms in total. The molecule has 0 saturated carbocycles. The third-order valence-electron chi connectivity index (χ3n) is 3.35. The molecule has 0 aromatic heterocycles. The zero-order chi connectivity index (χ0) is 15.9. The molecule has 0 saturated heterocycles. The molecule has 0 atom stereocenters. The second kappa shape index (κ2) is 7.28. The number of hydrogen-bond acceptors (Lipinski definition) is 3. The van der Waals surface area contributed by atoms with Crippen molar-refractivity contribution in [2.45, 2.75) is 19.8 Å². The van der Waals surface area contributed by atoms with Crippen molar-refractivity contribution in [3.8, 4) is 6.07 Å². The van der Waals surface area contributed by atoms with E-state index >= 15 is 0 Å². The predicted octanol–water partition coefficient (Wildman–Crippen LogP) is 3.73. The molecule has 0 unspecified atom stereocenters. The Balaban J connectivity index is 1.92. The van der Waals surface area contributed by atoms with Gasteiger partial charge in [0.2, 0.25) is 5.91 Å². The van der Waals surface area contributed by atoms with Gasteiger partial charge in [-0.3, -0.25) is 4.79 Å². The van der Waals surface area contributed by atoms with Crippen LogP contribution in [0, 0.1) is 11.3 Å². The van der Waals surface area contributed by atoms with E-state index in [9.17, 15) is 4.79 Å². The van der Waals surface area contributed by atoms with Gasteiger partial charge >= 0.3 is 0 Å². The Morgan fingerprint density at radius 2 is 1.82 bits per heavy atom. The summed E-state index contributed by atoms with van der Waals surface area (Å²) in [5, 5.41) is 14.8. The van der Waals surface area contributed by atoms with E-state index in [2.05, 4.69) is 30.6 Å². The van der Waals surface area contributed by atoms with Crippen LogP contribution in [0.5, 0.6) is 0 Å². The van der Waals surface area contributed by atoms with Gasteiger partial charge in [0.1, 0.15) is 6.07 Å². The number of benzene rings is 2. The Morgan fingerprint density at radius 1 is 1.14 bits per heavy atom. The number of nitrogens with one attached hydrogen (secondary N) is 2. The number of nitrogens with zero attached hydrogens (tertiary/aromatic N) is 1. The van der Waals surface area contributed by atoms with Crippen LogP contribution in [0.1, 0.15) is 30.9 Å². The molecule has 4 heteroatoms. The lowest BCUT2D eigenvalue weighted by atomic mass is 10.0. The van der Waals surface area contributed by atoms with Crippen LogP contribution in [0.3, 0.4) is 0 Å². The zero-order valence-corrected chi connectivity index (χ0v) is 12.8. The molecular formula is C18H19N3O. The topological polar surface area (TPSA) is 64.9 Å². The molecule has 0 radical (unpaired) electrons. The van der Waals surface area contributed by atoms with Gasteiger partial charge in [-0.2, -0.15) is 5.26 Å². The number of carbonyl (C=O) groups excluding carboxylic acids is 1. The summed E-state index contributed by atoms with van der Waals surface area (Å²) in [7, 11) is 0. The molecule has 1 amide bonds. The molecule has 2 aromatic rings. The Kier molecular flexibility index (Phi) is 5.16. The first-order valence-corrected chi connectivity index (χ1v) is 7.23. The summed E-state index contributed by atoms with van der Waals surface area (Å²) in [6.45, 7) is 4.37. The van der Waals surface area contributed by atoms with Gasteiger partial charge in [-0.15, -0.1) is 0 Å². The van der Waals surface area contributed by atoms with Crippen LogP contribution in [0.15, 0.2) is 48.5 Å². The quantitative estimate of drug-likeness (QED) is 0.882. The Morgan fingerprint density at radius 3 is 2.45 bits per heavy atom. The van der Waals surface area contributed by atoms with Crippen molar-refractivity contribution in [1.29, 1.82) is 5.26 Å². The van der Waals surface area contributed by atoms with Gasteiger partial charge in [0.25, 0.3) is 0 Å². The molecule has 2 aromatic carbocycles. The molecule has 0 fully saturated rings. The smallest absolute Gasteiger partial charge is 0.243 e. The molecule has 22 heavy (non-hydrogen) atoms. The van der Waals surface area contributed by atoms with E-state index in [0.717, 1.165) is 5.69 Å². The standard InChI is InChI=1S/C18H19N3O/c1-13(2)14-7-9-16(10-8-14)21-18(22)12-20-17-6-4-3-5-15(17)11-19/h3-10,13,20H,12H2,1-2H3,(H,21,22). The van der Waals surface area contributed by atoms with Gasteiger partial charge in [0, 0.05) is 5.69 Å². The van der Waals surface area contributed by atoms with E-state index in [1.54, 1.807) is 18.2 Å². The Labute approximate surface area is 130 Å². The van der Waals surface area contributed by atoms with Crippen LogP contribution in [0.2, 0.25) is 0 Å². The van der Waals surface area contributed by atoms with E-state index in [1.807, 2.05) is 30.3 Å². The summed E-state index contributed by atoms with van der Waals surface area (Å²) in [5.74, 6) is 0.318.